The minimum absolute atomic E-state index is 0.317. The van der Waals surface area contributed by atoms with Crippen LogP contribution in [0.3, 0.4) is 0 Å². The van der Waals surface area contributed by atoms with Crippen molar-refractivity contribution in [2.24, 2.45) is 24.8 Å². The van der Waals surface area contributed by atoms with E-state index in [1.54, 1.807) is 12.1 Å². The van der Waals surface area contributed by atoms with Crippen LogP contribution in [0.5, 0.6) is 0 Å². The fraction of sp³-hybridized carbons (Fsp3) is 0.424. The molecular weight excluding hydrogens is 516 g/mol. The first-order valence-electron chi connectivity index (χ1n) is 14.4. The van der Waals surface area contributed by atoms with Gasteiger partial charge >= 0.3 is 0 Å². The summed E-state index contributed by atoms with van der Waals surface area (Å²) in [5, 5.41) is 0. The van der Waals surface area contributed by atoms with Crippen LogP contribution in [0.4, 0.5) is 0 Å². The van der Waals surface area contributed by atoms with Crippen molar-refractivity contribution in [3.05, 3.63) is 71.8 Å². The Morgan fingerprint density at radius 2 is 1.45 bits per heavy atom. The van der Waals surface area contributed by atoms with Gasteiger partial charge in [-0.05, 0) is 83.3 Å². The molecule has 0 amide bonds. The molecule has 7 heteroatoms. The van der Waals surface area contributed by atoms with E-state index in [4.69, 9.17) is 4.98 Å². The Balaban J connectivity index is 1.18. The lowest BCUT2D eigenvalue weighted by molar-refractivity contribution is 0.235. The van der Waals surface area contributed by atoms with Crippen LogP contribution in [0.25, 0.3) is 33.5 Å². The van der Waals surface area contributed by atoms with Gasteiger partial charge in [0.2, 0.25) is 0 Å². The molecular formula is C33H40N4O2S. The molecule has 2 atom stereocenters. The van der Waals surface area contributed by atoms with E-state index in [1.165, 1.54) is 55.7 Å². The standard InChI is InChI=1S/C33H40N4O2S/c1-22(2)16-36-18-28-20-37(21-29(28)19-36)17-24-6-8-25(9-7-24)27-14-23(3)32-31(15-27)35(4)33(34-32)26-10-12-30(13-11-26)40(5,38)39/h6-15,22,28-29H,16-21H2,1-5H3/t28-,29+. The molecule has 0 aliphatic carbocycles. The van der Waals surface area contributed by atoms with Crippen molar-refractivity contribution in [1.82, 2.24) is 19.4 Å². The van der Waals surface area contributed by atoms with Crippen molar-refractivity contribution < 1.29 is 8.42 Å². The van der Waals surface area contributed by atoms with Gasteiger partial charge < -0.3 is 9.47 Å². The third kappa shape index (κ3) is 5.35. The van der Waals surface area contributed by atoms with Crippen LogP contribution in [-0.2, 0) is 23.4 Å². The molecule has 2 aliphatic heterocycles. The summed E-state index contributed by atoms with van der Waals surface area (Å²) >= 11 is 0. The predicted octanol–water partition coefficient (Wildman–Crippen LogP) is 5.64. The van der Waals surface area contributed by atoms with Crippen molar-refractivity contribution in [2.75, 3.05) is 39.0 Å². The van der Waals surface area contributed by atoms with Crippen molar-refractivity contribution in [3.63, 3.8) is 0 Å². The van der Waals surface area contributed by atoms with Crippen LogP contribution in [0.15, 0.2) is 65.6 Å². The van der Waals surface area contributed by atoms with Crippen LogP contribution in [0, 0.1) is 24.7 Å². The molecule has 3 aromatic carbocycles. The fourth-order valence-electron chi connectivity index (χ4n) is 6.78. The zero-order valence-electron chi connectivity index (χ0n) is 24.3. The lowest BCUT2D eigenvalue weighted by Gasteiger charge is -2.22. The molecule has 2 saturated heterocycles. The van der Waals surface area contributed by atoms with Gasteiger partial charge in [0.05, 0.1) is 15.9 Å². The minimum Gasteiger partial charge on any atom is -0.327 e. The van der Waals surface area contributed by atoms with Gasteiger partial charge in [0, 0.05) is 58.1 Å². The van der Waals surface area contributed by atoms with Crippen LogP contribution < -0.4 is 0 Å². The third-order valence-corrected chi connectivity index (χ3v) is 9.80. The van der Waals surface area contributed by atoms with Crippen LogP contribution in [-0.4, -0.2) is 66.7 Å². The predicted molar refractivity (Wildman–Crippen MR) is 163 cm³/mol. The molecule has 4 aromatic rings. The number of fused-ring (bicyclic) bond motifs is 2. The van der Waals surface area contributed by atoms with Gasteiger partial charge in [-0.1, -0.05) is 38.1 Å². The largest absolute Gasteiger partial charge is 0.327 e. The molecule has 0 bridgehead atoms. The summed E-state index contributed by atoms with van der Waals surface area (Å²) in [7, 11) is -1.21. The van der Waals surface area contributed by atoms with Crippen LogP contribution in [0.1, 0.15) is 25.0 Å². The highest BCUT2D eigenvalue weighted by Crippen LogP contribution is 2.34. The number of sulfone groups is 1. The van der Waals surface area contributed by atoms with Gasteiger partial charge in [0.25, 0.3) is 0 Å². The summed E-state index contributed by atoms with van der Waals surface area (Å²) in [6.45, 7) is 14.0. The second-order valence-electron chi connectivity index (χ2n) is 12.5. The molecule has 0 unspecified atom stereocenters. The van der Waals surface area contributed by atoms with E-state index in [1.807, 2.05) is 19.2 Å². The highest BCUT2D eigenvalue weighted by atomic mass is 32.2. The summed E-state index contributed by atoms with van der Waals surface area (Å²) in [4.78, 5) is 10.6. The topological polar surface area (TPSA) is 58.4 Å². The molecule has 0 saturated carbocycles. The zero-order chi connectivity index (χ0) is 28.2. The summed E-state index contributed by atoms with van der Waals surface area (Å²) in [5.74, 6) is 3.23. The van der Waals surface area contributed by atoms with Gasteiger partial charge in [-0.25, -0.2) is 13.4 Å². The quantitative estimate of drug-likeness (QED) is 0.295. The Labute approximate surface area is 238 Å². The van der Waals surface area contributed by atoms with E-state index >= 15 is 0 Å². The van der Waals surface area contributed by atoms with Gasteiger partial charge in [-0.2, -0.15) is 0 Å². The number of aromatic nitrogens is 2. The Morgan fingerprint density at radius 3 is 2.05 bits per heavy atom. The number of rotatable bonds is 7. The first kappa shape index (κ1) is 27.2. The molecule has 0 radical (unpaired) electrons. The maximum Gasteiger partial charge on any atom is 0.175 e. The Bertz CT molecular complexity index is 1620. The van der Waals surface area contributed by atoms with Gasteiger partial charge in [0.1, 0.15) is 5.82 Å². The maximum atomic E-state index is 11.9. The summed E-state index contributed by atoms with van der Waals surface area (Å²) < 4.78 is 25.8. The SMILES string of the molecule is Cc1cc(-c2ccc(CN3C[C@@H]4CN(CC(C)C)C[C@@H]4C3)cc2)cc2c1nc(-c1ccc(S(C)(=O)=O)cc1)n2C. The monoisotopic (exact) mass is 556 g/mol. The Morgan fingerprint density at radius 1 is 0.850 bits per heavy atom. The lowest BCUT2D eigenvalue weighted by atomic mass is 10.0. The zero-order valence-corrected chi connectivity index (χ0v) is 25.1. The normalized spacial score (nSPS) is 20.1. The molecule has 210 valence electrons. The van der Waals surface area contributed by atoms with E-state index in [0.29, 0.717) is 4.90 Å². The van der Waals surface area contributed by atoms with Crippen molar-refractivity contribution in [2.45, 2.75) is 32.2 Å². The molecule has 40 heavy (non-hydrogen) atoms. The maximum absolute atomic E-state index is 11.9. The smallest absolute Gasteiger partial charge is 0.175 e. The molecule has 6 nitrogen and oxygen atoms in total. The fourth-order valence-corrected chi connectivity index (χ4v) is 7.41. The highest BCUT2D eigenvalue weighted by molar-refractivity contribution is 7.90. The number of benzene rings is 3. The number of likely N-dealkylation sites (tertiary alicyclic amines) is 2. The van der Waals surface area contributed by atoms with Crippen molar-refractivity contribution in [3.8, 4) is 22.5 Å². The van der Waals surface area contributed by atoms with E-state index < -0.39 is 9.84 Å². The minimum atomic E-state index is -3.23. The molecule has 0 N–H and O–H groups in total. The molecule has 3 heterocycles. The van der Waals surface area contributed by atoms with Gasteiger partial charge in [0.15, 0.2) is 9.84 Å². The van der Waals surface area contributed by atoms with E-state index in [-0.39, 0.29) is 0 Å². The van der Waals surface area contributed by atoms with Crippen LogP contribution in [0.2, 0.25) is 0 Å². The summed E-state index contributed by atoms with van der Waals surface area (Å²) in [5.41, 5.74) is 7.82. The first-order valence-corrected chi connectivity index (χ1v) is 16.3. The number of hydrogen-bond acceptors (Lipinski definition) is 5. The first-order chi connectivity index (χ1) is 19.0. The molecule has 6 rings (SSSR count). The summed E-state index contributed by atoms with van der Waals surface area (Å²) in [6.07, 6.45) is 1.23. The number of hydrogen-bond donors (Lipinski definition) is 0. The Kier molecular flexibility index (Phi) is 7.09. The van der Waals surface area contributed by atoms with E-state index in [0.717, 1.165) is 52.3 Å². The van der Waals surface area contributed by atoms with Gasteiger partial charge in [-0.3, -0.25) is 4.90 Å². The molecule has 0 spiro atoms. The van der Waals surface area contributed by atoms with E-state index in [9.17, 15) is 8.42 Å². The number of aryl methyl sites for hydroxylation is 2. The average molecular weight is 557 g/mol. The average Bonchev–Trinajstić information content (AvgIpc) is 3.55. The molecule has 1 aromatic heterocycles. The number of nitrogens with zero attached hydrogens (tertiary/aromatic N) is 4. The third-order valence-electron chi connectivity index (χ3n) is 8.67. The Hall–Kier alpha value is -3.00. The second kappa shape index (κ2) is 10.4. The lowest BCUT2D eigenvalue weighted by Crippen LogP contribution is -2.30. The molecule has 2 fully saturated rings. The van der Waals surface area contributed by atoms with Gasteiger partial charge in [-0.15, -0.1) is 0 Å². The van der Waals surface area contributed by atoms with E-state index in [2.05, 4.69) is 71.5 Å². The molecule has 2 aliphatic rings. The second-order valence-corrected chi connectivity index (χ2v) is 14.5. The van der Waals surface area contributed by atoms with Crippen LogP contribution >= 0.6 is 0 Å². The van der Waals surface area contributed by atoms with Crippen molar-refractivity contribution >= 4 is 20.9 Å². The summed E-state index contributed by atoms with van der Waals surface area (Å²) in [6, 6.07) is 20.5. The highest BCUT2D eigenvalue weighted by Gasteiger charge is 2.39. The van der Waals surface area contributed by atoms with Crippen molar-refractivity contribution in [1.29, 1.82) is 0 Å². The number of imidazole rings is 1.